The summed E-state index contributed by atoms with van der Waals surface area (Å²) in [6, 6.07) is 0. The maximum absolute atomic E-state index is 12.6. The molecule has 0 fully saturated rings. The minimum atomic E-state index is -1.29. The molecule has 0 radical (unpaired) electrons. The van der Waals surface area contributed by atoms with Crippen LogP contribution >= 0.6 is 0 Å². The van der Waals surface area contributed by atoms with E-state index in [1.54, 1.807) is 0 Å². The van der Waals surface area contributed by atoms with E-state index in [0.717, 1.165) is 77.0 Å². The Labute approximate surface area is 310 Å². The lowest BCUT2D eigenvalue weighted by Crippen LogP contribution is -2.41. The molecule has 0 aromatic rings. The van der Waals surface area contributed by atoms with Gasteiger partial charge in [0.05, 0.1) is 43.7 Å². The Morgan fingerprint density at radius 2 is 0.804 bits per heavy atom. The Morgan fingerprint density at radius 1 is 0.451 bits per heavy atom. The molecule has 0 amide bonds. The summed E-state index contributed by atoms with van der Waals surface area (Å²) in [6.45, 7) is 7.69. The number of rotatable bonds is 36. The number of carbonyl (C=O) groups is 4. The van der Waals surface area contributed by atoms with Crippen LogP contribution in [0.15, 0.2) is 0 Å². The minimum Gasteiger partial charge on any atom is -0.465 e. The molecule has 10 nitrogen and oxygen atoms in total. The van der Waals surface area contributed by atoms with Crippen molar-refractivity contribution in [3.05, 3.63) is 0 Å². The molecule has 2 N–H and O–H groups in total. The van der Waals surface area contributed by atoms with Gasteiger partial charge in [-0.15, -0.1) is 0 Å². The highest BCUT2D eigenvalue weighted by Crippen LogP contribution is 2.22. The first-order valence-electron chi connectivity index (χ1n) is 20.6. The maximum atomic E-state index is 12.6. The van der Waals surface area contributed by atoms with Crippen LogP contribution < -0.4 is 0 Å². The van der Waals surface area contributed by atoms with Gasteiger partial charge in [-0.2, -0.15) is 0 Å². The van der Waals surface area contributed by atoms with E-state index >= 15 is 0 Å². The highest BCUT2D eigenvalue weighted by Gasteiger charge is 2.33. The zero-order chi connectivity index (χ0) is 38.0. The summed E-state index contributed by atoms with van der Waals surface area (Å²) in [5.41, 5.74) is -1.29. The molecule has 10 heteroatoms. The molecule has 2 atom stereocenters. The van der Waals surface area contributed by atoms with Crippen molar-refractivity contribution < 1.29 is 48.3 Å². The van der Waals surface area contributed by atoms with Crippen LogP contribution in [0.4, 0.5) is 0 Å². The zero-order valence-electron chi connectivity index (χ0n) is 33.0. The van der Waals surface area contributed by atoms with E-state index in [4.69, 9.17) is 18.9 Å². The van der Waals surface area contributed by atoms with E-state index in [1.165, 1.54) is 25.7 Å². The monoisotopic (exact) mass is 729 g/mol. The van der Waals surface area contributed by atoms with Crippen LogP contribution in [0, 0.1) is 17.3 Å². The van der Waals surface area contributed by atoms with Gasteiger partial charge < -0.3 is 29.2 Å². The molecule has 0 rings (SSSR count). The first kappa shape index (κ1) is 48.8. The fourth-order valence-electron chi connectivity index (χ4n) is 5.86. The standard InChI is InChI=1S/C41H76O10/c1-5-9-13-17-25-35(23-11-7-3)39(46)48-29-21-15-19-27-37(44)50-33-41(31-42,32-43)34-51-38(45)28-20-16-22-30-49-40(47)36(24-12-8-4)26-18-14-10-6-2/h35-36,42-43H,5-34H2,1-4H3. The quantitative estimate of drug-likeness (QED) is 0.0365. The summed E-state index contributed by atoms with van der Waals surface area (Å²) >= 11 is 0. The molecule has 0 aliphatic rings. The summed E-state index contributed by atoms with van der Waals surface area (Å²) in [7, 11) is 0. The molecule has 51 heavy (non-hydrogen) atoms. The average molecular weight is 729 g/mol. The molecular formula is C41H76O10. The smallest absolute Gasteiger partial charge is 0.308 e. The van der Waals surface area contributed by atoms with Gasteiger partial charge in [-0.3, -0.25) is 19.2 Å². The number of carbonyl (C=O) groups excluding carboxylic acids is 4. The van der Waals surface area contributed by atoms with Gasteiger partial charge in [0.1, 0.15) is 13.2 Å². The number of unbranched alkanes of at least 4 members (excludes halogenated alkanes) is 12. The van der Waals surface area contributed by atoms with Gasteiger partial charge in [-0.05, 0) is 64.2 Å². The van der Waals surface area contributed by atoms with Crippen molar-refractivity contribution >= 4 is 23.9 Å². The van der Waals surface area contributed by atoms with E-state index < -0.39 is 30.6 Å². The third kappa shape index (κ3) is 26.3. The van der Waals surface area contributed by atoms with Crippen molar-refractivity contribution in [2.24, 2.45) is 17.3 Å². The predicted molar refractivity (Wildman–Crippen MR) is 201 cm³/mol. The molecule has 0 aliphatic carbocycles. The lowest BCUT2D eigenvalue weighted by atomic mass is 9.92. The second-order valence-corrected chi connectivity index (χ2v) is 14.5. The van der Waals surface area contributed by atoms with Crippen molar-refractivity contribution in [3.8, 4) is 0 Å². The largest absolute Gasteiger partial charge is 0.465 e. The van der Waals surface area contributed by atoms with Crippen molar-refractivity contribution in [1.29, 1.82) is 0 Å². The molecule has 0 saturated heterocycles. The summed E-state index contributed by atoms with van der Waals surface area (Å²) < 4.78 is 21.8. The Bertz CT molecular complexity index is 807. The fraction of sp³-hybridized carbons (Fsp3) is 0.902. The number of ether oxygens (including phenoxy) is 4. The van der Waals surface area contributed by atoms with Gasteiger partial charge >= 0.3 is 23.9 Å². The second-order valence-electron chi connectivity index (χ2n) is 14.5. The number of hydrogen-bond donors (Lipinski definition) is 2. The van der Waals surface area contributed by atoms with Crippen LogP contribution in [0.3, 0.4) is 0 Å². The van der Waals surface area contributed by atoms with E-state index in [0.29, 0.717) is 51.7 Å². The Hall–Kier alpha value is -2.20. The molecular weight excluding hydrogens is 652 g/mol. The number of hydrogen-bond acceptors (Lipinski definition) is 10. The van der Waals surface area contributed by atoms with Gasteiger partial charge in [0.25, 0.3) is 0 Å². The van der Waals surface area contributed by atoms with Crippen LogP contribution in [-0.4, -0.2) is 73.7 Å². The molecule has 0 heterocycles. The second kappa shape index (κ2) is 33.6. The summed E-state index contributed by atoms with van der Waals surface area (Å²) in [4.78, 5) is 49.9. The van der Waals surface area contributed by atoms with E-state index in [-0.39, 0.29) is 49.8 Å². The van der Waals surface area contributed by atoms with Crippen LogP contribution in [0.2, 0.25) is 0 Å². The third-order valence-corrected chi connectivity index (χ3v) is 9.58. The molecule has 2 unspecified atom stereocenters. The van der Waals surface area contributed by atoms with Crippen LogP contribution in [0.5, 0.6) is 0 Å². The Kier molecular flexibility index (Phi) is 32.2. The van der Waals surface area contributed by atoms with Crippen molar-refractivity contribution in [2.45, 2.75) is 182 Å². The van der Waals surface area contributed by atoms with Gasteiger partial charge in [-0.25, -0.2) is 0 Å². The average Bonchev–Trinajstić information content (AvgIpc) is 3.13. The van der Waals surface area contributed by atoms with Crippen LogP contribution in [0.1, 0.15) is 182 Å². The molecule has 0 saturated carbocycles. The molecule has 0 bridgehead atoms. The number of aliphatic hydroxyl groups excluding tert-OH is 2. The molecule has 0 aromatic carbocycles. The zero-order valence-corrected chi connectivity index (χ0v) is 33.0. The van der Waals surface area contributed by atoms with Crippen molar-refractivity contribution in [1.82, 2.24) is 0 Å². The summed E-state index contributed by atoms with van der Waals surface area (Å²) in [6.07, 6.45) is 20.9. The van der Waals surface area contributed by atoms with Gasteiger partial charge in [0.2, 0.25) is 0 Å². The SMILES string of the molecule is CCCCCCC(CCCC)C(=O)OCCCCCC(=O)OCC(CO)(CO)COC(=O)CCCCCOC(=O)C(CCCC)CCCCCC. The topological polar surface area (TPSA) is 146 Å². The van der Waals surface area contributed by atoms with E-state index in [9.17, 15) is 29.4 Å². The van der Waals surface area contributed by atoms with Gasteiger partial charge in [0.15, 0.2) is 0 Å². The first-order valence-corrected chi connectivity index (χ1v) is 20.6. The van der Waals surface area contributed by atoms with E-state index in [2.05, 4.69) is 27.7 Å². The summed E-state index contributed by atoms with van der Waals surface area (Å²) in [5.74, 6) is -1.22. The lowest BCUT2D eigenvalue weighted by Gasteiger charge is -2.28. The van der Waals surface area contributed by atoms with Crippen LogP contribution in [-0.2, 0) is 38.1 Å². The van der Waals surface area contributed by atoms with E-state index in [1.807, 2.05) is 0 Å². The lowest BCUT2D eigenvalue weighted by molar-refractivity contribution is -0.159. The number of aliphatic hydroxyl groups is 2. The highest BCUT2D eigenvalue weighted by atomic mass is 16.6. The van der Waals surface area contributed by atoms with Crippen molar-refractivity contribution in [2.75, 3.05) is 39.6 Å². The molecule has 0 aromatic heterocycles. The highest BCUT2D eigenvalue weighted by molar-refractivity contribution is 5.73. The molecule has 300 valence electrons. The number of esters is 4. The van der Waals surface area contributed by atoms with Crippen LogP contribution in [0.25, 0.3) is 0 Å². The van der Waals surface area contributed by atoms with Crippen molar-refractivity contribution in [3.63, 3.8) is 0 Å². The first-order chi connectivity index (χ1) is 24.7. The summed E-state index contributed by atoms with van der Waals surface area (Å²) in [5, 5.41) is 19.9. The Balaban J connectivity index is 4.29. The van der Waals surface area contributed by atoms with Gasteiger partial charge in [-0.1, -0.05) is 105 Å². The minimum absolute atomic E-state index is 0.0320. The molecule has 0 spiro atoms. The maximum Gasteiger partial charge on any atom is 0.308 e. The fourth-order valence-corrected chi connectivity index (χ4v) is 5.86. The molecule has 0 aliphatic heterocycles. The van der Waals surface area contributed by atoms with Gasteiger partial charge in [0, 0.05) is 12.8 Å². The Morgan fingerprint density at radius 3 is 1.16 bits per heavy atom. The normalized spacial score (nSPS) is 12.7. The predicted octanol–water partition coefficient (Wildman–Crippen LogP) is 8.80. The third-order valence-electron chi connectivity index (χ3n) is 9.58.